The van der Waals surface area contributed by atoms with Gasteiger partial charge in [-0.15, -0.1) is 0 Å². The number of anilines is 3. The third-order valence-corrected chi connectivity index (χ3v) is 3.06. The number of hydrogen-bond acceptors (Lipinski definition) is 2. The maximum atomic E-state index is 5.71. The normalized spacial score (nSPS) is 10.3. The zero-order valence-electron chi connectivity index (χ0n) is 10.6. The van der Waals surface area contributed by atoms with Gasteiger partial charge in [0.2, 0.25) is 0 Å². The number of nitrogens with zero attached hydrogens (tertiary/aromatic N) is 1. The molecule has 2 aromatic rings. The van der Waals surface area contributed by atoms with Gasteiger partial charge in [0.15, 0.2) is 0 Å². The highest BCUT2D eigenvalue weighted by Gasteiger charge is 2.09. The van der Waals surface area contributed by atoms with E-state index in [0.717, 1.165) is 11.4 Å². The second kappa shape index (κ2) is 4.50. The molecule has 0 fully saturated rings. The van der Waals surface area contributed by atoms with Crippen LogP contribution in [0.4, 0.5) is 17.1 Å². The van der Waals surface area contributed by atoms with E-state index in [2.05, 4.69) is 44.0 Å². The minimum absolute atomic E-state index is 0.795. The summed E-state index contributed by atoms with van der Waals surface area (Å²) in [6, 6.07) is 14.3. The molecule has 0 saturated heterocycles. The van der Waals surface area contributed by atoms with Crippen LogP contribution in [0.1, 0.15) is 11.1 Å². The van der Waals surface area contributed by atoms with E-state index in [1.165, 1.54) is 16.8 Å². The summed E-state index contributed by atoms with van der Waals surface area (Å²) >= 11 is 0. The highest BCUT2D eigenvalue weighted by Crippen LogP contribution is 2.30. The van der Waals surface area contributed by atoms with E-state index in [-0.39, 0.29) is 0 Å². The first-order chi connectivity index (χ1) is 8.09. The van der Waals surface area contributed by atoms with E-state index < -0.39 is 0 Å². The molecule has 2 rings (SSSR count). The number of nitrogens with two attached hydrogens (primary N) is 1. The molecule has 2 N–H and O–H groups in total. The molecule has 0 amide bonds. The van der Waals surface area contributed by atoms with Crippen LogP contribution in [-0.2, 0) is 0 Å². The quantitative estimate of drug-likeness (QED) is 0.792. The first kappa shape index (κ1) is 11.5. The van der Waals surface area contributed by atoms with Crippen molar-refractivity contribution in [2.75, 3.05) is 17.7 Å². The van der Waals surface area contributed by atoms with Gasteiger partial charge in [0.05, 0.1) is 0 Å². The third-order valence-electron chi connectivity index (χ3n) is 3.06. The fourth-order valence-corrected chi connectivity index (χ4v) is 2.16. The number of hydrogen-bond donors (Lipinski definition) is 1. The molecule has 0 heterocycles. The van der Waals surface area contributed by atoms with Gasteiger partial charge in [0.25, 0.3) is 0 Å². The lowest BCUT2D eigenvalue weighted by Crippen LogP contribution is -2.12. The van der Waals surface area contributed by atoms with Crippen molar-refractivity contribution in [3.63, 3.8) is 0 Å². The molecule has 0 bridgehead atoms. The number of rotatable bonds is 2. The summed E-state index contributed by atoms with van der Waals surface area (Å²) in [6.45, 7) is 4.27. The van der Waals surface area contributed by atoms with Gasteiger partial charge in [0.1, 0.15) is 0 Å². The van der Waals surface area contributed by atoms with E-state index in [0.29, 0.717) is 0 Å². The van der Waals surface area contributed by atoms with Crippen LogP contribution in [0.3, 0.4) is 0 Å². The van der Waals surface area contributed by atoms with Crippen molar-refractivity contribution >= 4 is 17.1 Å². The molecule has 0 atom stereocenters. The average molecular weight is 226 g/mol. The van der Waals surface area contributed by atoms with Crippen molar-refractivity contribution in [2.45, 2.75) is 13.8 Å². The number of benzene rings is 2. The Morgan fingerprint density at radius 2 is 1.41 bits per heavy atom. The standard InChI is InChI=1S/C15H18N2/c1-11-5-4-6-12(2)15(11)17(3)14-9-7-13(16)8-10-14/h4-10H,16H2,1-3H3. The predicted octanol–water partition coefficient (Wildman–Crippen LogP) is 3.65. The molecular weight excluding hydrogens is 208 g/mol. The van der Waals surface area contributed by atoms with Gasteiger partial charge >= 0.3 is 0 Å². The fourth-order valence-electron chi connectivity index (χ4n) is 2.16. The fraction of sp³-hybridized carbons (Fsp3) is 0.200. The number of para-hydroxylation sites is 1. The highest BCUT2D eigenvalue weighted by molar-refractivity contribution is 5.69. The van der Waals surface area contributed by atoms with E-state index in [1.54, 1.807) is 0 Å². The number of aryl methyl sites for hydroxylation is 2. The maximum absolute atomic E-state index is 5.71. The SMILES string of the molecule is Cc1cccc(C)c1N(C)c1ccc(N)cc1. The van der Waals surface area contributed by atoms with Gasteiger partial charge in [-0.2, -0.15) is 0 Å². The van der Waals surface area contributed by atoms with Crippen molar-refractivity contribution in [3.8, 4) is 0 Å². The van der Waals surface area contributed by atoms with Crippen molar-refractivity contribution in [2.24, 2.45) is 0 Å². The van der Waals surface area contributed by atoms with Gasteiger partial charge in [-0.3, -0.25) is 0 Å². The van der Waals surface area contributed by atoms with Crippen LogP contribution in [0.25, 0.3) is 0 Å². The van der Waals surface area contributed by atoms with E-state index >= 15 is 0 Å². The Labute approximate surface area is 103 Å². The molecule has 0 saturated carbocycles. The van der Waals surface area contributed by atoms with Gasteiger partial charge in [-0.25, -0.2) is 0 Å². The molecule has 0 radical (unpaired) electrons. The number of nitrogen functional groups attached to an aromatic ring is 1. The second-order valence-corrected chi connectivity index (χ2v) is 4.39. The topological polar surface area (TPSA) is 29.3 Å². The summed E-state index contributed by atoms with van der Waals surface area (Å²) in [6.07, 6.45) is 0. The summed E-state index contributed by atoms with van der Waals surface area (Å²) < 4.78 is 0. The zero-order chi connectivity index (χ0) is 12.4. The Morgan fingerprint density at radius 1 is 0.882 bits per heavy atom. The van der Waals surface area contributed by atoms with Gasteiger partial charge in [-0.1, -0.05) is 18.2 Å². The lowest BCUT2D eigenvalue weighted by molar-refractivity contribution is 1.16. The summed E-state index contributed by atoms with van der Waals surface area (Å²) in [5, 5.41) is 0. The Hall–Kier alpha value is -1.96. The molecule has 17 heavy (non-hydrogen) atoms. The molecule has 0 aliphatic rings. The Kier molecular flexibility index (Phi) is 3.05. The van der Waals surface area contributed by atoms with Crippen LogP contribution >= 0.6 is 0 Å². The molecule has 0 aromatic heterocycles. The largest absolute Gasteiger partial charge is 0.399 e. The van der Waals surface area contributed by atoms with Crippen LogP contribution in [-0.4, -0.2) is 7.05 Å². The first-order valence-electron chi connectivity index (χ1n) is 5.75. The Balaban J connectivity index is 2.43. The van der Waals surface area contributed by atoms with Crippen LogP contribution in [0.2, 0.25) is 0 Å². The molecule has 0 aliphatic carbocycles. The van der Waals surface area contributed by atoms with E-state index in [1.807, 2.05) is 24.3 Å². The molecule has 0 aliphatic heterocycles. The van der Waals surface area contributed by atoms with Crippen molar-refractivity contribution in [1.29, 1.82) is 0 Å². The zero-order valence-corrected chi connectivity index (χ0v) is 10.6. The Bertz CT molecular complexity index is 495. The molecule has 2 heteroatoms. The molecule has 88 valence electrons. The third kappa shape index (κ3) is 2.26. The monoisotopic (exact) mass is 226 g/mol. The van der Waals surface area contributed by atoms with Gasteiger partial charge < -0.3 is 10.6 Å². The smallest absolute Gasteiger partial charge is 0.0467 e. The minimum Gasteiger partial charge on any atom is -0.399 e. The molecule has 0 unspecified atom stereocenters. The first-order valence-corrected chi connectivity index (χ1v) is 5.75. The van der Waals surface area contributed by atoms with Crippen LogP contribution in [0.5, 0.6) is 0 Å². The summed E-state index contributed by atoms with van der Waals surface area (Å²) in [4.78, 5) is 2.20. The lowest BCUT2D eigenvalue weighted by Gasteiger charge is -2.23. The van der Waals surface area contributed by atoms with Crippen molar-refractivity contribution < 1.29 is 0 Å². The lowest BCUT2D eigenvalue weighted by atomic mass is 10.1. The predicted molar refractivity (Wildman–Crippen MR) is 74.8 cm³/mol. The van der Waals surface area contributed by atoms with E-state index in [9.17, 15) is 0 Å². The summed E-state index contributed by atoms with van der Waals surface area (Å²) in [5.41, 5.74) is 11.5. The summed E-state index contributed by atoms with van der Waals surface area (Å²) in [5.74, 6) is 0. The van der Waals surface area contributed by atoms with Crippen molar-refractivity contribution in [1.82, 2.24) is 0 Å². The second-order valence-electron chi connectivity index (χ2n) is 4.39. The van der Waals surface area contributed by atoms with Crippen LogP contribution in [0.15, 0.2) is 42.5 Å². The van der Waals surface area contributed by atoms with Gasteiger partial charge in [-0.05, 0) is 49.2 Å². The van der Waals surface area contributed by atoms with Gasteiger partial charge in [0, 0.05) is 24.1 Å². The van der Waals surface area contributed by atoms with Crippen molar-refractivity contribution in [3.05, 3.63) is 53.6 Å². The van der Waals surface area contributed by atoms with E-state index in [4.69, 9.17) is 5.73 Å². The Morgan fingerprint density at radius 3 is 1.94 bits per heavy atom. The molecular formula is C15H18N2. The highest BCUT2D eigenvalue weighted by atomic mass is 15.1. The summed E-state index contributed by atoms with van der Waals surface area (Å²) in [7, 11) is 2.08. The van der Waals surface area contributed by atoms with Crippen LogP contribution < -0.4 is 10.6 Å². The average Bonchev–Trinajstić information content (AvgIpc) is 2.29. The minimum atomic E-state index is 0.795. The molecule has 0 spiro atoms. The van der Waals surface area contributed by atoms with Crippen LogP contribution in [0, 0.1) is 13.8 Å². The molecule has 2 nitrogen and oxygen atoms in total. The maximum Gasteiger partial charge on any atom is 0.0467 e. The molecule has 2 aromatic carbocycles.